The molecule has 24 heavy (non-hydrogen) atoms. The van der Waals surface area contributed by atoms with Crippen molar-refractivity contribution in [1.29, 1.82) is 0 Å². The number of carbonyl (C=O) groups excluding carboxylic acids is 2. The van der Waals surface area contributed by atoms with Gasteiger partial charge in [0.15, 0.2) is 17.3 Å². The fourth-order valence-corrected chi connectivity index (χ4v) is 4.59. The van der Waals surface area contributed by atoms with Crippen LogP contribution in [0.5, 0.6) is 0 Å². The molecule has 0 aliphatic carbocycles. The van der Waals surface area contributed by atoms with Crippen LogP contribution in [0.3, 0.4) is 0 Å². The molecule has 3 fully saturated rings. The molecule has 1 aromatic rings. The monoisotopic (exact) mass is 330 g/mol. The van der Waals surface area contributed by atoms with Crippen molar-refractivity contribution >= 4 is 11.7 Å². The summed E-state index contributed by atoms with van der Waals surface area (Å²) in [6.07, 6.45) is 1.81. The van der Waals surface area contributed by atoms with E-state index in [0.717, 1.165) is 12.0 Å². The van der Waals surface area contributed by atoms with Crippen molar-refractivity contribution in [2.75, 3.05) is 6.54 Å². The zero-order valence-corrected chi connectivity index (χ0v) is 13.6. The fourth-order valence-electron chi connectivity index (χ4n) is 4.59. The number of amides is 1. The van der Waals surface area contributed by atoms with Gasteiger partial charge in [-0.3, -0.25) is 15.3 Å². The van der Waals surface area contributed by atoms with Crippen LogP contribution in [0.2, 0.25) is 0 Å². The molecule has 0 aromatic heterocycles. The van der Waals surface area contributed by atoms with Crippen LogP contribution in [0.25, 0.3) is 0 Å². The summed E-state index contributed by atoms with van der Waals surface area (Å²) in [5.74, 6) is -3.72. The molecule has 1 amide bonds. The van der Waals surface area contributed by atoms with Crippen LogP contribution < -0.4 is 5.73 Å². The number of carbonyl (C=O) groups is 2. The Labute approximate surface area is 140 Å². The zero-order valence-electron chi connectivity index (χ0n) is 13.6. The van der Waals surface area contributed by atoms with E-state index in [4.69, 9.17) is 10.5 Å². The standard InChI is InChI=1S/C18H22N2O4/c1-17(19)15(21)14-12(10-11-6-3-2-4-7-11)16(22)20-9-5-8-13(20)18(14,23)24-17/h2-4,6-7,12-14,23H,5,8-10,19H2,1H3/t12-,13?,14?,17-,18+/m1/s1. The highest BCUT2D eigenvalue weighted by molar-refractivity contribution is 5.97. The van der Waals surface area contributed by atoms with Gasteiger partial charge < -0.3 is 14.7 Å². The van der Waals surface area contributed by atoms with Gasteiger partial charge in [0, 0.05) is 6.54 Å². The lowest BCUT2D eigenvalue weighted by atomic mass is 9.72. The normalized spacial score (nSPS) is 41.5. The summed E-state index contributed by atoms with van der Waals surface area (Å²) >= 11 is 0. The first-order valence-electron chi connectivity index (χ1n) is 8.45. The van der Waals surface area contributed by atoms with E-state index in [1.807, 2.05) is 30.3 Å². The van der Waals surface area contributed by atoms with Gasteiger partial charge in [-0.1, -0.05) is 30.3 Å². The first kappa shape index (κ1) is 15.7. The second-order valence-electron chi connectivity index (χ2n) is 7.29. The van der Waals surface area contributed by atoms with E-state index in [1.54, 1.807) is 4.90 Å². The summed E-state index contributed by atoms with van der Waals surface area (Å²) in [6, 6.07) is 9.05. The van der Waals surface area contributed by atoms with E-state index in [1.165, 1.54) is 6.92 Å². The number of piperidine rings is 1. The summed E-state index contributed by atoms with van der Waals surface area (Å²) < 4.78 is 5.67. The van der Waals surface area contributed by atoms with Crippen LogP contribution in [0.1, 0.15) is 25.3 Å². The minimum Gasteiger partial charge on any atom is -0.363 e. The smallest absolute Gasteiger partial charge is 0.227 e. The summed E-state index contributed by atoms with van der Waals surface area (Å²) in [6.45, 7) is 2.05. The average molecular weight is 330 g/mol. The molecule has 3 heterocycles. The van der Waals surface area contributed by atoms with Crippen LogP contribution in [0, 0.1) is 11.8 Å². The maximum absolute atomic E-state index is 13.0. The van der Waals surface area contributed by atoms with Crippen molar-refractivity contribution in [2.45, 2.75) is 43.7 Å². The predicted octanol–water partition coefficient (Wildman–Crippen LogP) is 0.429. The molecular weight excluding hydrogens is 308 g/mol. The summed E-state index contributed by atoms with van der Waals surface area (Å²) in [5.41, 5.74) is 5.38. The molecule has 0 saturated carbocycles. The van der Waals surface area contributed by atoms with E-state index in [2.05, 4.69) is 0 Å². The van der Waals surface area contributed by atoms with Gasteiger partial charge in [0.05, 0.1) is 17.9 Å². The lowest BCUT2D eigenvalue weighted by Gasteiger charge is -2.46. The third-order valence-electron chi connectivity index (χ3n) is 5.62. The Morgan fingerprint density at radius 3 is 2.75 bits per heavy atom. The summed E-state index contributed by atoms with van der Waals surface area (Å²) in [4.78, 5) is 27.5. The summed E-state index contributed by atoms with van der Waals surface area (Å²) in [5, 5.41) is 11.2. The van der Waals surface area contributed by atoms with E-state index in [0.29, 0.717) is 19.4 Å². The second-order valence-corrected chi connectivity index (χ2v) is 7.29. The van der Waals surface area contributed by atoms with Gasteiger partial charge in [0.2, 0.25) is 5.91 Å². The third-order valence-corrected chi connectivity index (χ3v) is 5.62. The number of nitrogens with zero attached hydrogens (tertiary/aromatic N) is 1. The molecule has 6 heteroatoms. The molecule has 0 spiro atoms. The van der Waals surface area contributed by atoms with Crippen molar-refractivity contribution in [3.63, 3.8) is 0 Å². The van der Waals surface area contributed by atoms with Gasteiger partial charge in [-0.05, 0) is 31.7 Å². The first-order valence-corrected chi connectivity index (χ1v) is 8.45. The number of nitrogens with two attached hydrogens (primary N) is 1. The number of benzene rings is 1. The Morgan fingerprint density at radius 1 is 1.33 bits per heavy atom. The molecule has 3 N–H and O–H groups in total. The van der Waals surface area contributed by atoms with Crippen LogP contribution >= 0.6 is 0 Å². The van der Waals surface area contributed by atoms with Gasteiger partial charge in [-0.15, -0.1) is 0 Å². The van der Waals surface area contributed by atoms with Crippen LogP contribution in [0.15, 0.2) is 30.3 Å². The Balaban J connectivity index is 1.77. The van der Waals surface area contributed by atoms with Crippen LogP contribution in [-0.4, -0.2) is 45.8 Å². The molecule has 0 radical (unpaired) electrons. The van der Waals surface area contributed by atoms with E-state index < -0.39 is 29.4 Å². The van der Waals surface area contributed by atoms with E-state index >= 15 is 0 Å². The number of aliphatic hydroxyl groups is 1. The number of ether oxygens (including phenoxy) is 1. The van der Waals surface area contributed by atoms with Gasteiger partial charge in [-0.2, -0.15) is 0 Å². The molecule has 2 unspecified atom stereocenters. The topological polar surface area (TPSA) is 92.9 Å². The molecule has 1 aromatic carbocycles. The van der Waals surface area contributed by atoms with Gasteiger partial charge in [0.1, 0.15) is 0 Å². The van der Waals surface area contributed by atoms with Crippen molar-refractivity contribution < 1.29 is 19.4 Å². The molecule has 5 atom stereocenters. The maximum Gasteiger partial charge on any atom is 0.227 e. The van der Waals surface area contributed by atoms with Gasteiger partial charge in [0.25, 0.3) is 0 Å². The second kappa shape index (κ2) is 5.12. The lowest BCUT2D eigenvalue weighted by molar-refractivity contribution is -0.276. The average Bonchev–Trinajstić information content (AvgIpc) is 3.09. The Hall–Kier alpha value is -1.76. The molecule has 3 aliphatic heterocycles. The number of Topliss-reactive ketones (excluding diaryl/α,β-unsaturated/α-hetero) is 1. The Morgan fingerprint density at radius 2 is 2.04 bits per heavy atom. The van der Waals surface area contributed by atoms with Crippen LogP contribution in [-0.2, 0) is 20.7 Å². The molecular formula is C18H22N2O4. The van der Waals surface area contributed by atoms with E-state index in [9.17, 15) is 14.7 Å². The maximum atomic E-state index is 13.0. The minimum atomic E-state index is -1.69. The lowest BCUT2D eigenvalue weighted by Crippen LogP contribution is -2.64. The molecule has 128 valence electrons. The third kappa shape index (κ3) is 2.06. The molecule has 4 rings (SSSR count). The Kier molecular flexibility index (Phi) is 3.36. The molecule has 3 aliphatic rings. The van der Waals surface area contributed by atoms with Crippen molar-refractivity contribution in [1.82, 2.24) is 4.90 Å². The summed E-state index contributed by atoms with van der Waals surface area (Å²) in [7, 11) is 0. The largest absolute Gasteiger partial charge is 0.363 e. The quantitative estimate of drug-likeness (QED) is 0.820. The van der Waals surface area contributed by atoms with Crippen LogP contribution in [0.4, 0.5) is 0 Å². The number of ketones is 1. The highest BCUT2D eigenvalue weighted by Gasteiger charge is 2.69. The number of hydrogen-bond donors (Lipinski definition) is 2. The van der Waals surface area contributed by atoms with Gasteiger partial charge >= 0.3 is 0 Å². The predicted molar refractivity (Wildman–Crippen MR) is 85.5 cm³/mol. The number of fused-ring (bicyclic) bond motifs is 3. The molecule has 3 saturated heterocycles. The first-order chi connectivity index (χ1) is 11.3. The fraction of sp³-hybridized carbons (Fsp3) is 0.556. The minimum absolute atomic E-state index is 0.0781. The number of hydrogen-bond acceptors (Lipinski definition) is 5. The molecule has 0 bridgehead atoms. The van der Waals surface area contributed by atoms with Crippen molar-refractivity contribution in [3.8, 4) is 0 Å². The van der Waals surface area contributed by atoms with E-state index in [-0.39, 0.29) is 11.7 Å². The number of rotatable bonds is 2. The van der Waals surface area contributed by atoms with Crippen molar-refractivity contribution in [2.24, 2.45) is 17.6 Å². The highest BCUT2D eigenvalue weighted by atomic mass is 16.7. The SMILES string of the molecule is C[C@@]1(N)O[C@]2(O)C(C1=O)[C@@H](Cc1ccccc1)C(=O)N1CCCC12. The highest BCUT2D eigenvalue weighted by Crippen LogP contribution is 2.50. The van der Waals surface area contributed by atoms with Gasteiger partial charge in [-0.25, -0.2) is 0 Å². The van der Waals surface area contributed by atoms with Crippen molar-refractivity contribution in [3.05, 3.63) is 35.9 Å². The Bertz CT molecular complexity index is 690. The molecule has 6 nitrogen and oxygen atoms in total. The zero-order chi connectivity index (χ0) is 17.1.